The van der Waals surface area contributed by atoms with Crippen molar-refractivity contribution in [2.24, 2.45) is 0 Å². The van der Waals surface area contributed by atoms with Gasteiger partial charge in [0.05, 0.1) is 25.6 Å². The van der Waals surface area contributed by atoms with E-state index >= 15 is 0 Å². The zero-order chi connectivity index (χ0) is 18.1. The van der Waals surface area contributed by atoms with E-state index in [2.05, 4.69) is 10.6 Å². The van der Waals surface area contributed by atoms with Gasteiger partial charge in [-0.25, -0.2) is 4.79 Å². The average molecular weight is 365 g/mol. The summed E-state index contributed by atoms with van der Waals surface area (Å²) >= 11 is 5.63. The number of halogens is 1. The molecule has 3 N–H and O–H groups in total. The van der Waals surface area contributed by atoms with Gasteiger partial charge in [-0.1, -0.05) is 30.3 Å². The standard InChI is InChI=1S/C18H21ClN2O4/c1-24-16-8-7-14(11-17(16)25-10-9-19)20-18(23)21-15(12-22)13-5-3-2-4-6-13/h2-8,11,15,22H,9-10,12H2,1H3,(H2,20,21,23). The lowest BCUT2D eigenvalue weighted by Crippen LogP contribution is -2.34. The van der Waals surface area contributed by atoms with Crippen LogP contribution in [0.2, 0.25) is 0 Å². The van der Waals surface area contributed by atoms with Gasteiger partial charge in [0.25, 0.3) is 0 Å². The molecule has 0 fully saturated rings. The highest BCUT2D eigenvalue weighted by atomic mass is 35.5. The van der Waals surface area contributed by atoms with Gasteiger partial charge >= 0.3 is 6.03 Å². The number of hydrogen-bond donors (Lipinski definition) is 3. The molecule has 134 valence electrons. The molecule has 6 nitrogen and oxygen atoms in total. The Morgan fingerprint density at radius 3 is 2.60 bits per heavy atom. The second-order valence-corrected chi connectivity index (χ2v) is 5.53. The second-order valence-electron chi connectivity index (χ2n) is 5.15. The van der Waals surface area contributed by atoms with E-state index in [9.17, 15) is 9.90 Å². The first kappa shape index (κ1) is 18.9. The van der Waals surface area contributed by atoms with Crippen molar-refractivity contribution in [3.8, 4) is 11.5 Å². The molecule has 0 radical (unpaired) electrons. The van der Waals surface area contributed by atoms with Crippen LogP contribution in [0.25, 0.3) is 0 Å². The number of amides is 2. The van der Waals surface area contributed by atoms with Crippen LogP contribution < -0.4 is 20.1 Å². The van der Waals surface area contributed by atoms with Crippen molar-refractivity contribution in [1.82, 2.24) is 5.32 Å². The fourth-order valence-electron chi connectivity index (χ4n) is 2.26. The molecule has 2 rings (SSSR count). The van der Waals surface area contributed by atoms with Gasteiger partial charge in [0.2, 0.25) is 0 Å². The monoisotopic (exact) mass is 364 g/mol. The average Bonchev–Trinajstić information content (AvgIpc) is 2.65. The summed E-state index contributed by atoms with van der Waals surface area (Å²) in [4.78, 5) is 12.2. The number of aliphatic hydroxyl groups excluding tert-OH is 1. The molecule has 0 aromatic heterocycles. The van der Waals surface area contributed by atoms with Gasteiger partial charge in [-0.2, -0.15) is 0 Å². The summed E-state index contributed by atoms with van der Waals surface area (Å²) < 4.78 is 10.7. The lowest BCUT2D eigenvalue weighted by atomic mass is 10.1. The molecule has 1 atom stereocenters. The predicted octanol–water partition coefficient (Wildman–Crippen LogP) is 3.17. The van der Waals surface area contributed by atoms with Gasteiger partial charge in [0.15, 0.2) is 11.5 Å². The maximum atomic E-state index is 12.2. The second kappa shape index (κ2) is 9.76. The number of urea groups is 1. The Kier molecular flexibility index (Phi) is 7.37. The number of methoxy groups -OCH3 is 1. The van der Waals surface area contributed by atoms with E-state index in [-0.39, 0.29) is 6.61 Å². The van der Waals surface area contributed by atoms with Crippen molar-refractivity contribution in [2.45, 2.75) is 6.04 Å². The van der Waals surface area contributed by atoms with E-state index in [1.807, 2.05) is 30.3 Å². The number of anilines is 1. The summed E-state index contributed by atoms with van der Waals surface area (Å²) in [7, 11) is 1.54. The lowest BCUT2D eigenvalue weighted by Gasteiger charge is -2.18. The third-order valence-corrected chi connectivity index (χ3v) is 3.60. The quantitative estimate of drug-likeness (QED) is 0.628. The van der Waals surface area contributed by atoms with Crippen LogP contribution in [0.1, 0.15) is 11.6 Å². The molecule has 25 heavy (non-hydrogen) atoms. The molecule has 0 aliphatic rings. The highest BCUT2D eigenvalue weighted by Gasteiger charge is 2.14. The molecule has 2 aromatic carbocycles. The molecule has 2 amide bonds. The Morgan fingerprint density at radius 1 is 1.20 bits per heavy atom. The van der Waals surface area contributed by atoms with Gasteiger partial charge in [-0.15, -0.1) is 11.6 Å². The Bertz CT molecular complexity index is 682. The number of nitrogens with one attached hydrogen (secondary N) is 2. The summed E-state index contributed by atoms with van der Waals surface area (Å²) in [6.45, 7) is 0.123. The topological polar surface area (TPSA) is 79.8 Å². The Morgan fingerprint density at radius 2 is 1.96 bits per heavy atom. The smallest absolute Gasteiger partial charge is 0.319 e. The van der Waals surface area contributed by atoms with Gasteiger partial charge in [0, 0.05) is 11.8 Å². The number of rotatable bonds is 8. The molecular weight excluding hydrogens is 344 g/mol. The normalized spacial score (nSPS) is 11.5. The molecule has 0 aliphatic heterocycles. The predicted molar refractivity (Wildman–Crippen MR) is 97.6 cm³/mol. The van der Waals surface area contributed by atoms with Crippen molar-refractivity contribution < 1.29 is 19.4 Å². The lowest BCUT2D eigenvalue weighted by molar-refractivity contribution is 0.225. The van der Waals surface area contributed by atoms with Crippen molar-refractivity contribution in [1.29, 1.82) is 0 Å². The summed E-state index contributed by atoms with van der Waals surface area (Å²) in [5.41, 5.74) is 1.36. The minimum Gasteiger partial charge on any atom is -0.493 e. The minimum atomic E-state index is -0.494. The molecule has 1 unspecified atom stereocenters. The van der Waals surface area contributed by atoms with Crippen molar-refractivity contribution in [3.05, 3.63) is 54.1 Å². The van der Waals surface area contributed by atoms with Crippen LogP contribution in [0.5, 0.6) is 11.5 Å². The van der Waals surface area contributed by atoms with Crippen LogP contribution in [0, 0.1) is 0 Å². The number of aliphatic hydroxyl groups is 1. The van der Waals surface area contributed by atoms with E-state index < -0.39 is 12.1 Å². The molecule has 2 aromatic rings. The van der Waals surface area contributed by atoms with Crippen LogP contribution >= 0.6 is 11.6 Å². The summed E-state index contributed by atoms with van der Waals surface area (Å²) in [5.74, 6) is 1.38. The summed E-state index contributed by atoms with van der Waals surface area (Å²) in [6.07, 6.45) is 0. The van der Waals surface area contributed by atoms with Crippen LogP contribution in [0.3, 0.4) is 0 Å². The Balaban J connectivity index is 2.04. The largest absolute Gasteiger partial charge is 0.493 e. The van der Waals surface area contributed by atoms with E-state index in [1.54, 1.807) is 18.2 Å². The SMILES string of the molecule is COc1ccc(NC(=O)NC(CO)c2ccccc2)cc1OCCCl. The number of carbonyl (C=O) groups excluding carboxylic acids is 1. The maximum Gasteiger partial charge on any atom is 0.319 e. The van der Waals surface area contributed by atoms with Gasteiger partial charge in [-0.05, 0) is 17.7 Å². The molecule has 0 spiro atoms. The maximum absolute atomic E-state index is 12.2. The van der Waals surface area contributed by atoms with E-state index in [0.717, 1.165) is 5.56 Å². The number of carbonyl (C=O) groups is 1. The Labute approximate surface area is 151 Å². The van der Waals surface area contributed by atoms with Crippen LogP contribution in [-0.2, 0) is 0 Å². The zero-order valence-electron chi connectivity index (χ0n) is 13.9. The first-order valence-corrected chi connectivity index (χ1v) is 8.31. The molecule has 0 saturated carbocycles. The zero-order valence-corrected chi connectivity index (χ0v) is 14.6. The first-order chi connectivity index (χ1) is 12.2. The number of benzene rings is 2. The summed E-state index contributed by atoms with van der Waals surface area (Å²) in [5, 5.41) is 15.0. The van der Waals surface area contributed by atoms with E-state index in [0.29, 0.717) is 29.7 Å². The third-order valence-electron chi connectivity index (χ3n) is 3.45. The molecule has 7 heteroatoms. The fourth-order valence-corrected chi connectivity index (χ4v) is 2.34. The van der Waals surface area contributed by atoms with Crippen molar-refractivity contribution in [2.75, 3.05) is 31.5 Å². The molecule has 0 bridgehead atoms. The number of alkyl halides is 1. The van der Waals surface area contributed by atoms with Crippen LogP contribution in [0.4, 0.5) is 10.5 Å². The highest BCUT2D eigenvalue weighted by Crippen LogP contribution is 2.30. The molecule has 0 aliphatic carbocycles. The van der Waals surface area contributed by atoms with E-state index in [4.69, 9.17) is 21.1 Å². The van der Waals surface area contributed by atoms with Crippen LogP contribution in [0.15, 0.2) is 48.5 Å². The van der Waals surface area contributed by atoms with Crippen molar-refractivity contribution >= 4 is 23.3 Å². The summed E-state index contributed by atoms with van der Waals surface area (Å²) in [6, 6.07) is 13.4. The highest BCUT2D eigenvalue weighted by molar-refractivity contribution is 6.18. The number of hydrogen-bond acceptors (Lipinski definition) is 4. The van der Waals surface area contributed by atoms with Crippen LogP contribution in [-0.4, -0.2) is 37.3 Å². The van der Waals surface area contributed by atoms with E-state index in [1.165, 1.54) is 7.11 Å². The minimum absolute atomic E-state index is 0.204. The fraction of sp³-hybridized carbons (Fsp3) is 0.278. The molecular formula is C18H21ClN2O4. The third kappa shape index (κ3) is 5.55. The number of ether oxygens (including phenoxy) is 2. The van der Waals surface area contributed by atoms with Gasteiger partial charge in [-0.3, -0.25) is 0 Å². The van der Waals surface area contributed by atoms with Gasteiger partial charge < -0.3 is 25.2 Å². The molecule has 0 heterocycles. The Hall–Kier alpha value is -2.44. The molecule has 0 saturated heterocycles. The van der Waals surface area contributed by atoms with Gasteiger partial charge in [0.1, 0.15) is 6.61 Å². The first-order valence-electron chi connectivity index (χ1n) is 7.78. The van der Waals surface area contributed by atoms with Crippen molar-refractivity contribution in [3.63, 3.8) is 0 Å².